The van der Waals surface area contributed by atoms with Crippen LogP contribution < -0.4 is 25.8 Å². The minimum Gasteiger partial charge on any atom is -0.381 e. The minimum atomic E-state index is -4.39. The summed E-state index contributed by atoms with van der Waals surface area (Å²) in [4.78, 5) is 25.7. The summed E-state index contributed by atoms with van der Waals surface area (Å²) in [5, 5.41) is 9.89. The minimum absolute atomic E-state index is 0.212. The van der Waals surface area contributed by atoms with Gasteiger partial charge in [-0.25, -0.2) is 9.78 Å². The molecule has 0 aliphatic carbocycles. The summed E-state index contributed by atoms with van der Waals surface area (Å²) in [5.74, 6) is 1.09. The van der Waals surface area contributed by atoms with Crippen LogP contribution in [-0.2, 0) is 19.3 Å². The van der Waals surface area contributed by atoms with Crippen molar-refractivity contribution in [1.29, 1.82) is 0 Å². The fraction of sp³-hybridized carbons (Fsp3) is 0.370. The largest absolute Gasteiger partial charge is 0.416 e. The Morgan fingerprint density at radius 1 is 1.13 bits per heavy atom. The smallest absolute Gasteiger partial charge is 0.381 e. The van der Waals surface area contributed by atoms with E-state index >= 15 is 0 Å². The van der Waals surface area contributed by atoms with Crippen molar-refractivity contribution in [3.63, 3.8) is 0 Å². The molecule has 3 aromatic rings. The van der Waals surface area contributed by atoms with Gasteiger partial charge in [-0.05, 0) is 68.2 Å². The lowest BCUT2D eigenvalue weighted by Gasteiger charge is -2.35. The molecule has 3 N–H and O–H groups in total. The highest BCUT2D eigenvalue weighted by molar-refractivity contribution is 6.05. The molecule has 1 aromatic heterocycles. The van der Waals surface area contributed by atoms with Gasteiger partial charge in [0.1, 0.15) is 5.82 Å². The lowest BCUT2D eigenvalue weighted by Crippen LogP contribution is -2.46. The lowest BCUT2D eigenvalue weighted by atomic mass is 10.1. The molecule has 2 aliphatic rings. The number of halogens is 3. The molecule has 2 aliphatic heterocycles. The van der Waals surface area contributed by atoms with Crippen LogP contribution in [0.4, 0.5) is 41.1 Å². The van der Waals surface area contributed by atoms with Crippen LogP contribution >= 0.6 is 0 Å². The van der Waals surface area contributed by atoms with Crippen molar-refractivity contribution in [2.75, 3.05) is 40.6 Å². The third-order valence-corrected chi connectivity index (χ3v) is 6.93. The maximum atomic E-state index is 13.4. The highest BCUT2D eigenvalue weighted by atomic mass is 19.4. The number of nitrogens with zero attached hydrogens (tertiary/aromatic N) is 4. The SMILES string of the molecule is Cc1ccc(NCc2cccc(C(F)(F)F)c2)cc1N1Cc2cnc(NC3CCNCC3)nc2N(C)C1=O. The maximum absolute atomic E-state index is 13.4. The van der Waals surface area contributed by atoms with Crippen LogP contribution in [0.5, 0.6) is 0 Å². The summed E-state index contributed by atoms with van der Waals surface area (Å²) >= 11 is 0. The van der Waals surface area contributed by atoms with Crippen LogP contribution in [0, 0.1) is 6.92 Å². The molecule has 5 rings (SSSR count). The van der Waals surface area contributed by atoms with Crippen molar-refractivity contribution in [1.82, 2.24) is 15.3 Å². The van der Waals surface area contributed by atoms with Crippen LogP contribution in [0.2, 0.25) is 0 Å². The zero-order valence-corrected chi connectivity index (χ0v) is 21.3. The van der Waals surface area contributed by atoms with Crippen molar-refractivity contribution < 1.29 is 18.0 Å². The van der Waals surface area contributed by atoms with E-state index in [-0.39, 0.29) is 12.6 Å². The monoisotopic (exact) mass is 525 g/mol. The van der Waals surface area contributed by atoms with Crippen LogP contribution in [0.1, 0.15) is 35.1 Å². The molecule has 0 saturated carbocycles. The Kier molecular flexibility index (Phi) is 7.11. The van der Waals surface area contributed by atoms with Crippen LogP contribution in [0.25, 0.3) is 0 Å². The quantitative estimate of drug-likeness (QED) is 0.413. The third-order valence-electron chi connectivity index (χ3n) is 6.93. The van der Waals surface area contributed by atoms with Gasteiger partial charge in [0.25, 0.3) is 0 Å². The average Bonchev–Trinajstić information content (AvgIpc) is 2.91. The second-order valence-corrected chi connectivity index (χ2v) is 9.69. The Morgan fingerprint density at radius 2 is 1.92 bits per heavy atom. The van der Waals surface area contributed by atoms with Gasteiger partial charge in [0, 0.05) is 37.1 Å². The number of benzene rings is 2. The number of piperidine rings is 1. The summed E-state index contributed by atoms with van der Waals surface area (Å²) in [5.41, 5.74) is 2.95. The fourth-order valence-electron chi connectivity index (χ4n) is 4.79. The molecular formula is C27H30F3N7O. The zero-order valence-electron chi connectivity index (χ0n) is 21.3. The van der Waals surface area contributed by atoms with Gasteiger partial charge in [-0.1, -0.05) is 18.2 Å². The molecule has 0 bridgehead atoms. The number of hydrogen-bond donors (Lipinski definition) is 3. The Morgan fingerprint density at radius 3 is 2.68 bits per heavy atom. The van der Waals surface area contributed by atoms with Crippen LogP contribution in [-0.4, -0.2) is 42.2 Å². The zero-order chi connectivity index (χ0) is 26.9. The second-order valence-electron chi connectivity index (χ2n) is 9.69. The van der Waals surface area contributed by atoms with Crippen molar-refractivity contribution in [2.45, 2.75) is 45.1 Å². The summed E-state index contributed by atoms with van der Waals surface area (Å²) in [6.45, 7) is 4.33. The van der Waals surface area contributed by atoms with Crippen molar-refractivity contribution in [3.8, 4) is 0 Å². The molecule has 1 fully saturated rings. The number of amides is 2. The van der Waals surface area contributed by atoms with Gasteiger partial charge in [-0.3, -0.25) is 9.80 Å². The first-order valence-electron chi connectivity index (χ1n) is 12.6. The van der Waals surface area contributed by atoms with E-state index in [9.17, 15) is 18.0 Å². The summed E-state index contributed by atoms with van der Waals surface area (Å²) in [7, 11) is 1.69. The van der Waals surface area contributed by atoms with E-state index in [1.165, 1.54) is 11.0 Å². The Bertz CT molecular complexity index is 1320. The molecule has 0 unspecified atom stereocenters. The molecule has 0 atom stereocenters. The number of alkyl halides is 3. The number of carbonyl (C=O) groups is 1. The number of aromatic nitrogens is 2. The number of rotatable bonds is 6. The van der Waals surface area contributed by atoms with Gasteiger partial charge in [0.2, 0.25) is 5.95 Å². The van der Waals surface area contributed by atoms with E-state index in [1.807, 2.05) is 25.1 Å². The van der Waals surface area contributed by atoms with Gasteiger partial charge in [-0.15, -0.1) is 0 Å². The normalized spacial score (nSPS) is 16.4. The Hall–Kier alpha value is -3.86. The molecule has 0 radical (unpaired) electrons. The van der Waals surface area contributed by atoms with E-state index in [0.29, 0.717) is 41.3 Å². The van der Waals surface area contributed by atoms with E-state index in [0.717, 1.165) is 49.2 Å². The van der Waals surface area contributed by atoms with E-state index in [1.54, 1.807) is 24.2 Å². The number of aryl methyl sites for hydroxylation is 1. The number of anilines is 4. The molecule has 38 heavy (non-hydrogen) atoms. The Balaban J connectivity index is 1.33. The lowest BCUT2D eigenvalue weighted by molar-refractivity contribution is -0.137. The van der Waals surface area contributed by atoms with Crippen molar-refractivity contribution in [2.24, 2.45) is 0 Å². The van der Waals surface area contributed by atoms with Crippen molar-refractivity contribution in [3.05, 3.63) is 70.9 Å². The first kappa shape index (κ1) is 25.8. The molecule has 200 valence electrons. The first-order valence-corrected chi connectivity index (χ1v) is 12.6. The molecule has 0 spiro atoms. The molecule has 11 heteroatoms. The molecule has 8 nitrogen and oxygen atoms in total. The van der Waals surface area contributed by atoms with Gasteiger partial charge in [0.15, 0.2) is 0 Å². The molecule has 3 heterocycles. The summed E-state index contributed by atoms with van der Waals surface area (Å²) in [6.07, 6.45) is -0.661. The molecule has 2 aromatic carbocycles. The molecule has 1 saturated heterocycles. The highest BCUT2D eigenvalue weighted by Crippen LogP contribution is 2.34. The van der Waals surface area contributed by atoms with E-state index in [2.05, 4.69) is 25.9 Å². The van der Waals surface area contributed by atoms with Gasteiger partial charge < -0.3 is 16.0 Å². The number of nitrogens with one attached hydrogen (secondary N) is 3. The number of fused-ring (bicyclic) bond motifs is 1. The predicted molar refractivity (Wildman–Crippen MR) is 141 cm³/mol. The standard InChI is InChI=1S/C27H30F3N7O/c1-17-6-7-22(32-14-18-4-3-5-20(12-18)27(28,29)30)13-23(17)37-16-19-15-33-25(34-21-8-10-31-11-9-21)35-24(19)36(2)26(37)38/h3-7,12-13,15,21,31-32H,8-11,14,16H2,1-2H3,(H,33,34,35). The number of carbonyl (C=O) groups excluding carboxylic acids is 1. The third kappa shape index (κ3) is 5.52. The first-order chi connectivity index (χ1) is 18.2. The topological polar surface area (TPSA) is 85.4 Å². The van der Waals surface area contributed by atoms with Gasteiger partial charge >= 0.3 is 12.2 Å². The van der Waals surface area contributed by atoms with Crippen LogP contribution in [0.15, 0.2) is 48.7 Å². The van der Waals surface area contributed by atoms with Crippen LogP contribution in [0.3, 0.4) is 0 Å². The van der Waals surface area contributed by atoms with Crippen molar-refractivity contribution >= 4 is 29.2 Å². The second kappa shape index (κ2) is 10.5. The summed E-state index contributed by atoms with van der Waals surface area (Å²) in [6, 6.07) is 10.9. The maximum Gasteiger partial charge on any atom is 0.416 e. The van der Waals surface area contributed by atoms with Gasteiger partial charge in [-0.2, -0.15) is 18.2 Å². The number of hydrogen-bond acceptors (Lipinski definition) is 6. The average molecular weight is 526 g/mol. The van der Waals surface area contributed by atoms with Gasteiger partial charge in [0.05, 0.1) is 17.8 Å². The molecular weight excluding hydrogens is 495 g/mol. The fourth-order valence-corrected chi connectivity index (χ4v) is 4.79. The van der Waals surface area contributed by atoms with E-state index in [4.69, 9.17) is 0 Å². The Labute approximate surface area is 219 Å². The predicted octanol–water partition coefficient (Wildman–Crippen LogP) is 5.16. The highest BCUT2D eigenvalue weighted by Gasteiger charge is 2.32. The van der Waals surface area contributed by atoms with E-state index < -0.39 is 11.7 Å². The molecule has 2 amide bonds. The number of urea groups is 1. The summed E-state index contributed by atoms with van der Waals surface area (Å²) < 4.78 is 39.2.